The zero-order chi connectivity index (χ0) is 20.9. The number of esters is 1. The van der Waals surface area contributed by atoms with Crippen LogP contribution in [0.5, 0.6) is 5.88 Å². The summed E-state index contributed by atoms with van der Waals surface area (Å²) in [5.41, 5.74) is 2.29. The highest BCUT2D eigenvalue weighted by molar-refractivity contribution is 7.99. The monoisotopic (exact) mass is 425 g/mol. The van der Waals surface area contributed by atoms with Gasteiger partial charge in [0.15, 0.2) is 0 Å². The van der Waals surface area contributed by atoms with Crippen molar-refractivity contribution in [3.63, 3.8) is 0 Å². The number of aromatic nitrogens is 2. The second-order valence-electron chi connectivity index (χ2n) is 7.10. The van der Waals surface area contributed by atoms with Crippen LogP contribution in [-0.4, -0.2) is 52.6 Å². The Kier molecular flexibility index (Phi) is 6.23. The van der Waals surface area contributed by atoms with Crippen molar-refractivity contribution in [2.24, 2.45) is 0 Å². The van der Waals surface area contributed by atoms with E-state index in [1.54, 1.807) is 18.3 Å². The van der Waals surface area contributed by atoms with Gasteiger partial charge in [-0.25, -0.2) is 9.78 Å². The lowest BCUT2D eigenvalue weighted by atomic mass is 10.0. The summed E-state index contributed by atoms with van der Waals surface area (Å²) in [6, 6.07) is 10.2. The lowest BCUT2D eigenvalue weighted by Gasteiger charge is -2.17. The minimum absolute atomic E-state index is 0.116. The first kappa shape index (κ1) is 20.3. The van der Waals surface area contributed by atoms with Crippen LogP contribution >= 0.6 is 11.8 Å². The fourth-order valence-electron chi connectivity index (χ4n) is 3.49. The topological polar surface area (TPSA) is 93.3 Å². The number of rotatable bonds is 7. The molecule has 1 amide bonds. The van der Waals surface area contributed by atoms with Crippen LogP contribution < -0.4 is 10.1 Å². The molecule has 0 radical (unpaired) electrons. The second-order valence-corrected chi connectivity index (χ2v) is 8.25. The van der Waals surface area contributed by atoms with Gasteiger partial charge in [0, 0.05) is 47.1 Å². The lowest BCUT2D eigenvalue weighted by molar-refractivity contribution is -0.142. The molecule has 0 saturated carbocycles. The van der Waals surface area contributed by atoms with Crippen molar-refractivity contribution in [3.05, 3.63) is 59.9 Å². The van der Waals surface area contributed by atoms with Gasteiger partial charge in [-0.2, -0.15) is 11.8 Å². The molecule has 1 aromatic carbocycles. The molecule has 2 aromatic heterocycles. The first-order chi connectivity index (χ1) is 14.6. The number of carbonyl (C=O) groups is 2. The Bertz CT molecular complexity index is 1050. The van der Waals surface area contributed by atoms with Crippen LogP contribution in [0, 0.1) is 0 Å². The van der Waals surface area contributed by atoms with E-state index >= 15 is 0 Å². The smallest absolute Gasteiger partial charge is 0.328 e. The van der Waals surface area contributed by atoms with Crippen LogP contribution in [0.15, 0.2) is 48.8 Å². The summed E-state index contributed by atoms with van der Waals surface area (Å²) in [4.78, 5) is 32.6. The van der Waals surface area contributed by atoms with Crippen LogP contribution in [0.1, 0.15) is 22.3 Å². The summed E-state index contributed by atoms with van der Waals surface area (Å²) in [5, 5.41) is 3.80. The maximum absolute atomic E-state index is 12.8. The molecular formula is C22H23N3O4S. The Hall–Kier alpha value is -3.00. The SMILES string of the molecule is COC(=O)C(Cc1c[nH]c2ccccc12)NC(=O)c1ccnc(OC2CCSC2)c1. The third kappa shape index (κ3) is 4.59. The molecule has 1 saturated heterocycles. The van der Waals surface area contributed by atoms with Gasteiger partial charge in [0.2, 0.25) is 5.88 Å². The van der Waals surface area contributed by atoms with Crippen LogP contribution in [-0.2, 0) is 16.0 Å². The maximum atomic E-state index is 12.8. The molecule has 2 atom stereocenters. The normalized spacial score (nSPS) is 16.9. The van der Waals surface area contributed by atoms with Crippen LogP contribution in [0.3, 0.4) is 0 Å². The predicted octanol–water partition coefficient (Wildman–Crippen LogP) is 2.96. The Labute approximate surface area is 178 Å². The summed E-state index contributed by atoms with van der Waals surface area (Å²) >= 11 is 1.84. The average Bonchev–Trinajstić information content (AvgIpc) is 3.43. The van der Waals surface area contributed by atoms with E-state index in [4.69, 9.17) is 9.47 Å². The number of para-hydroxylation sites is 1. The van der Waals surface area contributed by atoms with Crippen molar-refractivity contribution >= 4 is 34.5 Å². The Morgan fingerprint density at radius 2 is 2.20 bits per heavy atom. The number of benzene rings is 1. The maximum Gasteiger partial charge on any atom is 0.328 e. The van der Waals surface area contributed by atoms with E-state index in [0.29, 0.717) is 17.9 Å². The van der Waals surface area contributed by atoms with Gasteiger partial charge in [-0.05, 0) is 29.9 Å². The number of methoxy groups -OCH3 is 1. The van der Waals surface area contributed by atoms with Crippen molar-refractivity contribution in [2.75, 3.05) is 18.6 Å². The molecule has 0 bridgehead atoms. The zero-order valence-electron chi connectivity index (χ0n) is 16.6. The van der Waals surface area contributed by atoms with E-state index < -0.39 is 12.0 Å². The molecule has 2 unspecified atom stereocenters. The molecule has 0 spiro atoms. The number of pyridine rings is 1. The number of fused-ring (bicyclic) bond motifs is 1. The van der Waals surface area contributed by atoms with Crippen LogP contribution in [0.2, 0.25) is 0 Å². The highest BCUT2D eigenvalue weighted by Gasteiger charge is 2.24. The van der Waals surface area contributed by atoms with Crippen molar-refractivity contribution in [1.29, 1.82) is 0 Å². The first-order valence-electron chi connectivity index (χ1n) is 9.78. The van der Waals surface area contributed by atoms with Crippen molar-refractivity contribution in [1.82, 2.24) is 15.3 Å². The molecule has 3 aromatic rings. The van der Waals surface area contributed by atoms with Crippen LogP contribution in [0.4, 0.5) is 0 Å². The minimum Gasteiger partial charge on any atom is -0.473 e. The van der Waals surface area contributed by atoms with E-state index in [1.807, 2.05) is 42.2 Å². The lowest BCUT2D eigenvalue weighted by Crippen LogP contribution is -2.43. The fourth-order valence-corrected chi connectivity index (χ4v) is 4.58. The number of hydrogen-bond acceptors (Lipinski definition) is 6. The quantitative estimate of drug-likeness (QED) is 0.566. The Morgan fingerprint density at radius 3 is 3.00 bits per heavy atom. The van der Waals surface area contributed by atoms with Gasteiger partial charge in [0.25, 0.3) is 5.91 Å². The largest absolute Gasteiger partial charge is 0.473 e. The van der Waals surface area contributed by atoms with E-state index in [1.165, 1.54) is 7.11 Å². The molecule has 156 valence electrons. The van der Waals surface area contributed by atoms with Gasteiger partial charge in [-0.3, -0.25) is 4.79 Å². The number of aromatic amines is 1. The molecule has 30 heavy (non-hydrogen) atoms. The number of nitrogens with zero attached hydrogens (tertiary/aromatic N) is 1. The summed E-state index contributed by atoms with van der Waals surface area (Å²) < 4.78 is 10.8. The molecule has 0 aliphatic carbocycles. The van der Waals surface area contributed by atoms with Gasteiger partial charge in [-0.15, -0.1) is 0 Å². The molecule has 1 aliphatic rings. The number of nitrogens with one attached hydrogen (secondary N) is 2. The zero-order valence-corrected chi connectivity index (χ0v) is 17.4. The van der Waals surface area contributed by atoms with Gasteiger partial charge in [-0.1, -0.05) is 18.2 Å². The van der Waals surface area contributed by atoms with Crippen molar-refractivity contribution < 1.29 is 19.1 Å². The second kappa shape index (κ2) is 9.21. The molecule has 7 nitrogen and oxygen atoms in total. The molecule has 3 heterocycles. The van der Waals surface area contributed by atoms with Gasteiger partial charge < -0.3 is 19.8 Å². The molecule has 4 rings (SSSR count). The molecule has 2 N–H and O–H groups in total. The molecule has 8 heteroatoms. The van der Waals surface area contributed by atoms with Gasteiger partial charge in [0.1, 0.15) is 12.1 Å². The third-order valence-electron chi connectivity index (χ3n) is 5.06. The molecular weight excluding hydrogens is 402 g/mol. The van der Waals surface area contributed by atoms with Crippen molar-refractivity contribution in [2.45, 2.75) is 25.0 Å². The Balaban J connectivity index is 1.49. The van der Waals surface area contributed by atoms with E-state index in [0.717, 1.165) is 34.4 Å². The Morgan fingerprint density at radius 1 is 1.33 bits per heavy atom. The van der Waals surface area contributed by atoms with E-state index in [9.17, 15) is 9.59 Å². The highest BCUT2D eigenvalue weighted by Crippen LogP contribution is 2.23. The number of H-pyrrole nitrogens is 1. The van der Waals surface area contributed by atoms with E-state index in [-0.39, 0.29) is 12.0 Å². The van der Waals surface area contributed by atoms with Gasteiger partial charge >= 0.3 is 5.97 Å². The summed E-state index contributed by atoms with van der Waals surface area (Å²) in [6.07, 6.45) is 4.79. The number of ether oxygens (including phenoxy) is 2. The number of amides is 1. The number of hydrogen-bond donors (Lipinski definition) is 2. The van der Waals surface area contributed by atoms with Crippen molar-refractivity contribution in [3.8, 4) is 5.88 Å². The average molecular weight is 426 g/mol. The minimum atomic E-state index is -0.814. The molecule has 1 aliphatic heterocycles. The highest BCUT2D eigenvalue weighted by atomic mass is 32.2. The third-order valence-corrected chi connectivity index (χ3v) is 6.19. The summed E-state index contributed by atoms with van der Waals surface area (Å²) in [7, 11) is 1.31. The predicted molar refractivity (Wildman–Crippen MR) is 116 cm³/mol. The van der Waals surface area contributed by atoms with E-state index in [2.05, 4.69) is 15.3 Å². The van der Waals surface area contributed by atoms with Crippen LogP contribution in [0.25, 0.3) is 10.9 Å². The first-order valence-corrected chi connectivity index (χ1v) is 10.9. The standard InChI is InChI=1S/C22H23N3O4S/c1-28-22(27)19(10-15-12-24-18-5-3-2-4-17(15)18)25-21(26)14-6-8-23-20(11-14)29-16-7-9-30-13-16/h2-6,8,11-12,16,19,24H,7,9-10,13H2,1H3,(H,25,26). The summed E-state index contributed by atoms with van der Waals surface area (Å²) in [6.45, 7) is 0. The fraction of sp³-hybridized carbons (Fsp3) is 0.318. The number of carbonyl (C=O) groups excluding carboxylic acids is 2. The van der Waals surface area contributed by atoms with Gasteiger partial charge in [0.05, 0.1) is 7.11 Å². The summed E-state index contributed by atoms with van der Waals surface area (Å²) in [5.74, 6) is 1.54. The molecule has 1 fully saturated rings. The number of thioether (sulfide) groups is 1.